The quantitative estimate of drug-likeness (QED) is 0.0840. The molecule has 1 heterocycles. The lowest BCUT2D eigenvalue weighted by molar-refractivity contribution is -0.270. The van der Waals surface area contributed by atoms with Crippen molar-refractivity contribution in [1.82, 2.24) is 0 Å². The van der Waals surface area contributed by atoms with Crippen LogP contribution in [0.15, 0.2) is 152 Å². The van der Waals surface area contributed by atoms with Gasteiger partial charge in [-0.05, 0) is 53.8 Å². The summed E-state index contributed by atoms with van der Waals surface area (Å²) in [5, 5.41) is 9.88. The van der Waals surface area contributed by atoms with Crippen molar-refractivity contribution in [3.63, 3.8) is 0 Å². The van der Waals surface area contributed by atoms with Crippen molar-refractivity contribution in [3.05, 3.63) is 168 Å². The van der Waals surface area contributed by atoms with Gasteiger partial charge in [0.15, 0.2) is 0 Å². The van der Waals surface area contributed by atoms with Gasteiger partial charge in [-0.2, -0.15) is 0 Å². The topological polar surface area (TPSA) is 102 Å². The maximum Gasteiger partial charge on any atom is 0.587 e. The number of hydrogen-bond acceptors (Lipinski definition) is 9. The van der Waals surface area contributed by atoms with E-state index < -0.39 is 38.3 Å². The van der Waals surface area contributed by atoms with Crippen LogP contribution in [-0.4, -0.2) is 48.8 Å². The van der Waals surface area contributed by atoms with E-state index in [4.69, 9.17) is 32.5 Å². The lowest BCUT2D eigenvalue weighted by Gasteiger charge is -2.46. The average Bonchev–Trinajstić information content (AvgIpc) is 3.19. The summed E-state index contributed by atoms with van der Waals surface area (Å²) in [5.74, 6) is 0.643. The summed E-state index contributed by atoms with van der Waals surface area (Å²) in [5.41, 5.74) is 2.93. The maximum absolute atomic E-state index is 14.4. The van der Waals surface area contributed by atoms with Gasteiger partial charge < -0.3 is 33.1 Å². The number of hydrogen-bond donors (Lipinski definition) is 1. The molecule has 1 aliphatic rings. The van der Waals surface area contributed by atoms with Crippen molar-refractivity contribution in [1.29, 1.82) is 0 Å². The van der Waals surface area contributed by atoms with E-state index in [2.05, 4.69) is 0 Å². The Morgan fingerprint density at radius 3 is 1.33 bits per heavy atom. The molecule has 5 unspecified atom stereocenters. The van der Waals surface area contributed by atoms with E-state index in [1.165, 1.54) is 0 Å². The lowest BCUT2D eigenvalue weighted by Crippen LogP contribution is -2.61. The molecule has 0 radical (unpaired) electrons. The molecule has 10 heteroatoms. The van der Waals surface area contributed by atoms with Crippen molar-refractivity contribution in [2.75, 3.05) is 13.2 Å². The summed E-state index contributed by atoms with van der Waals surface area (Å²) in [6.07, 6.45) is -2.34. The average molecular weight is 725 g/mol. The van der Waals surface area contributed by atoms with E-state index in [1.54, 1.807) is 48.5 Å². The summed E-state index contributed by atoms with van der Waals surface area (Å²) in [6.45, 7) is 0.605. The highest BCUT2D eigenvalue weighted by Gasteiger charge is 2.49. The highest BCUT2D eigenvalue weighted by Crippen LogP contribution is 2.50. The first kappa shape index (κ1) is 37.4. The van der Waals surface area contributed by atoms with Gasteiger partial charge in [0.1, 0.15) is 35.9 Å². The third-order valence-electron chi connectivity index (χ3n) is 8.55. The van der Waals surface area contributed by atoms with Crippen molar-refractivity contribution in [3.8, 4) is 11.5 Å². The second kappa shape index (κ2) is 19.5. The third-order valence-corrected chi connectivity index (χ3v) is 9.88. The number of aliphatic hydroxyl groups excluding tert-OH is 1. The molecule has 0 aliphatic carbocycles. The Labute approximate surface area is 305 Å². The first-order chi connectivity index (χ1) is 25.6. The minimum Gasteiger partial charge on any atom is -0.396 e. The predicted octanol–water partition coefficient (Wildman–Crippen LogP) is 8.57. The van der Waals surface area contributed by atoms with Gasteiger partial charge in [-0.15, -0.1) is 0 Å². The number of aliphatic hydroxyl groups is 1. The van der Waals surface area contributed by atoms with Gasteiger partial charge in [-0.25, -0.2) is 4.57 Å². The van der Waals surface area contributed by atoms with Crippen LogP contribution in [0.1, 0.15) is 29.5 Å². The minimum absolute atomic E-state index is 0.0268. The van der Waals surface area contributed by atoms with Gasteiger partial charge in [0, 0.05) is 6.61 Å². The van der Waals surface area contributed by atoms with Crippen LogP contribution in [0.2, 0.25) is 0 Å². The van der Waals surface area contributed by atoms with Crippen LogP contribution in [0.3, 0.4) is 0 Å². The highest BCUT2D eigenvalue weighted by atomic mass is 31.2. The van der Waals surface area contributed by atoms with Gasteiger partial charge in [-0.1, -0.05) is 127 Å². The van der Waals surface area contributed by atoms with Gasteiger partial charge in [0.2, 0.25) is 0 Å². The van der Waals surface area contributed by atoms with Crippen molar-refractivity contribution >= 4 is 7.82 Å². The van der Waals surface area contributed by atoms with Crippen LogP contribution in [0.25, 0.3) is 0 Å². The molecule has 272 valence electrons. The van der Waals surface area contributed by atoms with Crippen LogP contribution in [0.5, 0.6) is 11.5 Å². The van der Waals surface area contributed by atoms with Crippen molar-refractivity contribution in [2.24, 2.45) is 0 Å². The van der Waals surface area contributed by atoms with E-state index in [-0.39, 0.29) is 26.4 Å². The molecular weight excluding hydrogens is 679 g/mol. The number of phosphoric ester groups is 1. The largest absolute Gasteiger partial charge is 0.587 e. The molecule has 5 aromatic carbocycles. The molecule has 5 atom stereocenters. The number of para-hydroxylation sites is 2. The number of phosphoric acid groups is 1. The molecule has 5 aromatic rings. The molecule has 6 rings (SSSR count). The lowest BCUT2D eigenvalue weighted by atomic mass is 9.92. The van der Waals surface area contributed by atoms with Gasteiger partial charge >= 0.3 is 7.82 Å². The molecule has 9 nitrogen and oxygen atoms in total. The minimum atomic E-state index is -4.27. The number of rotatable bonds is 19. The zero-order valence-electron chi connectivity index (χ0n) is 28.9. The van der Waals surface area contributed by atoms with Crippen LogP contribution in [0.4, 0.5) is 0 Å². The van der Waals surface area contributed by atoms with E-state index in [0.717, 1.165) is 16.7 Å². The molecule has 52 heavy (non-hydrogen) atoms. The third kappa shape index (κ3) is 11.1. The summed E-state index contributed by atoms with van der Waals surface area (Å²) in [6, 6.07) is 47.1. The van der Waals surface area contributed by atoms with E-state index in [0.29, 0.717) is 30.9 Å². The molecular formula is C42H45O9P. The zero-order valence-corrected chi connectivity index (χ0v) is 29.8. The van der Waals surface area contributed by atoms with E-state index in [1.807, 2.05) is 103 Å². The van der Waals surface area contributed by atoms with Gasteiger partial charge in [-0.3, -0.25) is 4.52 Å². The number of benzene rings is 5. The SMILES string of the molecule is O=P(OCC1OC(CCCO)C(OCc2ccccc2)C(OCc2ccccc2)C1OCc1ccccc1)(Oc1ccccc1)Oc1ccccc1. The molecule has 1 N–H and O–H groups in total. The second-order valence-corrected chi connectivity index (χ2v) is 13.9. The predicted molar refractivity (Wildman–Crippen MR) is 198 cm³/mol. The van der Waals surface area contributed by atoms with Crippen LogP contribution >= 0.6 is 7.82 Å². The summed E-state index contributed by atoms with van der Waals surface area (Å²) < 4.78 is 59.3. The Bertz CT molecular complexity index is 1720. The van der Waals surface area contributed by atoms with E-state index >= 15 is 0 Å². The molecule has 0 amide bonds. The second-order valence-electron chi connectivity index (χ2n) is 12.4. The molecule has 0 saturated carbocycles. The fourth-order valence-electron chi connectivity index (χ4n) is 6.00. The summed E-state index contributed by atoms with van der Waals surface area (Å²) in [4.78, 5) is 0. The highest BCUT2D eigenvalue weighted by molar-refractivity contribution is 7.49. The van der Waals surface area contributed by atoms with Crippen molar-refractivity contribution in [2.45, 2.75) is 63.2 Å². The van der Waals surface area contributed by atoms with Crippen LogP contribution in [0, 0.1) is 0 Å². The normalized spacial score (nSPS) is 20.3. The summed E-state index contributed by atoms with van der Waals surface area (Å²) >= 11 is 0. The van der Waals surface area contributed by atoms with Crippen molar-refractivity contribution < 1.29 is 42.2 Å². The first-order valence-electron chi connectivity index (χ1n) is 17.6. The standard InChI is InChI=1S/C42H45O9P/c43-28-16-27-38-40(45-29-33-17-6-1-7-18-33)42(47-31-35-21-10-3-11-22-35)41(46-30-34-19-8-2-9-20-34)39(49-38)32-48-52(44,50-36-23-12-4-13-24-36)51-37-25-14-5-15-26-37/h1-15,17-26,38-43H,16,27-32H2. The van der Waals surface area contributed by atoms with Gasteiger partial charge in [0.25, 0.3) is 0 Å². The van der Waals surface area contributed by atoms with E-state index in [9.17, 15) is 9.67 Å². The molecule has 0 spiro atoms. The fourth-order valence-corrected chi connectivity index (χ4v) is 7.23. The Balaban J connectivity index is 1.32. The molecule has 0 bridgehead atoms. The Hall–Kier alpha value is -4.31. The summed E-state index contributed by atoms with van der Waals surface area (Å²) in [7, 11) is -4.27. The monoisotopic (exact) mass is 724 g/mol. The van der Waals surface area contributed by atoms with Crippen LogP contribution < -0.4 is 9.05 Å². The maximum atomic E-state index is 14.4. The first-order valence-corrected chi connectivity index (χ1v) is 19.0. The smallest absolute Gasteiger partial charge is 0.396 e. The molecule has 1 fully saturated rings. The molecule has 1 aliphatic heterocycles. The molecule has 1 saturated heterocycles. The Morgan fingerprint density at radius 1 is 0.519 bits per heavy atom. The zero-order chi connectivity index (χ0) is 35.9. The Kier molecular flexibility index (Phi) is 14.0. The van der Waals surface area contributed by atoms with Crippen LogP contribution in [-0.2, 0) is 47.9 Å². The fraction of sp³-hybridized carbons (Fsp3) is 0.286. The molecule has 0 aromatic heterocycles. The van der Waals surface area contributed by atoms with Gasteiger partial charge in [0.05, 0.1) is 32.5 Å². The number of ether oxygens (including phenoxy) is 4. The Morgan fingerprint density at radius 2 is 0.904 bits per heavy atom.